The average molecular weight is 438 g/mol. The minimum absolute atomic E-state index is 0.00819. The molecular weight excluding hydrogens is 406 g/mol. The fourth-order valence-corrected chi connectivity index (χ4v) is 5.71. The van der Waals surface area contributed by atoms with Gasteiger partial charge in [-0.25, -0.2) is 4.98 Å². The Kier molecular flexibility index (Phi) is 5.29. The molecule has 8 nitrogen and oxygen atoms in total. The molecule has 0 N–H and O–H groups in total. The lowest BCUT2D eigenvalue weighted by Crippen LogP contribution is -2.77. The molecule has 2 saturated heterocycles. The Morgan fingerprint density at radius 2 is 1.94 bits per heavy atom. The van der Waals surface area contributed by atoms with E-state index in [-0.39, 0.29) is 23.8 Å². The maximum Gasteiger partial charge on any atom is 0.254 e. The van der Waals surface area contributed by atoms with Crippen LogP contribution in [-0.2, 0) is 23.1 Å². The average Bonchev–Trinajstić information content (AvgIpc) is 3.17. The summed E-state index contributed by atoms with van der Waals surface area (Å²) in [5, 5.41) is 0. The second-order valence-electron chi connectivity index (χ2n) is 9.43. The van der Waals surface area contributed by atoms with Gasteiger partial charge in [-0.15, -0.1) is 0 Å². The van der Waals surface area contributed by atoms with E-state index < -0.39 is 5.54 Å². The molecule has 1 spiro atoms. The number of likely N-dealkylation sites (tertiary alicyclic amines) is 1. The number of imidazole rings is 1. The molecule has 0 saturated carbocycles. The molecule has 2 amide bonds. The van der Waals surface area contributed by atoms with Gasteiger partial charge in [-0.3, -0.25) is 14.5 Å². The molecule has 170 valence electrons. The van der Waals surface area contributed by atoms with E-state index in [9.17, 15) is 9.59 Å². The number of hydrogen-bond donors (Lipinski definition) is 0. The van der Waals surface area contributed by atoms with Crippen LogP contribution >= 0.6 is 0 Å². The second kappa shape index (κ2) is 8.01. The van der Waals surface area contributed by atoms with E-state index in [4.69, 9.17) is 4.74 Å². The van der Waals surface area contributed by atoms with Gasteiger partial charge in [0.1, 0.15) is 5.82 Å². The molecule has 8 heteroatoms. The van der Waals surface area contributed by atoms with Crippen molar-refractivity contribution in [3.05, 3.63) is 53.6 Å². The molecule has 2 fully saturated rings. The maximum absolute atomic E-state index is 14.0. The second-order valence-corrected chi connectivity index (χ2v) is 9.43. The lowest BCUT2D eigenvalue weighted by Gasteiger charge is -2.62. The number of nitrogens with zero attached hydrogens (tertiary/aromatic N) is 5. The minimum Gasteiger partial charge on any atom is -0.378 e. The van der Waals surface area contributed by atoms with Gasteiger partial charge in [-0.05, 0) is 25.5 Å². The first kappa shape index (κ1) is 21.2. The number of fused-ring (bicyclic) bond motifs is 1. The van der Waals surface area contributed by atoms with E-state index >= 15 is 0 Å². The summed E-state index contributed by atoms with van der Waals surface area (Å²) in [7, 11) is 1.99. The molecule has 0 bridgehead atoms. The normalized spacial score (nSPS) is 22.9. The topological polar surface area (TPSA) is 70.9 Å². The van der Waals surface area contributed by atoms with Gasteiger partial charge in [0.05, 0.1) is 31.2 Å². The van der Waals surface area contributed by atoms with Crippen molar-refractivity contribution < 1.29 is 14.3 Å². The van der Waals surface area contributed by atoms with Gasteiger partial charge in [0.2, 0.25) is 5.91 Å². The zero-order chi connectivity index (χ0) is 22.5. The first-order valence-electron chi connectivity index (χ1n) is 11.4. The van der Waals surface area contributed by atoms with Crippen LogP contribution in [-0.4, -0.2) is 87.0 Å². The number of carbonyl (C=O) groups excluding carboxylic acids is 2. The first-order valence-corrected chi connectivity index (χ1v) is 11.4. The van der Waals surface area contributed by atoms with Crippen LogP contribution in [0.25, 0.3) is 0 Å². The lowest BCUT2D eigenvalue weighted by atomic mass is 9.67. The highest BCUT2D eigenvalue weighted by molar-refractivity contribution is 6.02. The SMILES string of the molecule is CC(C)N1C(=O)c2ccccc2C(C(=O)N2CCOCC2)C12CN(Cc1nccn1C)C2. The first-order chi connectivity index (χ1) is 15.4. The van der Waals surface area contributed by atoms with E-state index in [1.165, 1.54) is 0 Å². The summed E-state index contributed by atoms with van der Waals surface area (Å²) in [5.74, 6) is 0.734. The highest BCUT2D eigenvalue weighted by Crippen LogP contribution is 2.48. The third kappa shape index (κ3) is 3.24. The van der Waals surface area contributed by atoms with Gasteiger partial charge in [0.25, 0.3) is 5.91 Å². The van der Waals surface area contributed by atoms with Crippen molar-refractivity contribution >= 4 is 11.8 Å². The smallest absolute Gasteiger partial charge is 0.254 e. The maximum atomic E-state index is 14.0. The number of amides is 2. The number of morpholine rings is 1. The molecular formula is C24H31N5O3. The van der Waals surface area contributed by atoms with Crippen LogP contribution < -0.4 is 0 Å². The van der Waals surface area contributed by atoms with Gasteiger partial charge in [-0.2, -0.15) is 0 Å². The Bertz CT molecular complexity index is 1020. The number of aryl methyl sites for hydroxylation is 1. The monoisotopic (exact) mass is 437 g/mol. The highest BCUT2D eigenvalue weighted by Gasteiger charge is 2.61. The number of benzene rings is 1. The summed E-state index contributed by atoms with van der Waals surface area (Å²) in [6, 6.07) is 7.65. The third-order valence-corrected chi connectivity index (χ3v) is 7.11. The Morgan fingerprint density at radius 3 is 2.59 bits per heavy atom. The van der Waals surface area contributed by atoms with Crippen molar-refractivity contribution in [2.24, 2.45) is 7.05 Å². The molecule has 2 aromatic rings. The molecule has 1 aromatic carbocycles. The van der Waals surface area contributed by atoms with Gasteiger partial charge in [-0.1, -0.05) is 18.2 Å². The standard InChI is InChI=1S/C24H31N5O3/c1-17(2)29-22(30)19-7-5-4-6-18(19)21(23(31)28-10-12-32-13-11-28)24(29)15-27(16-24)14-20-25-8-9-26(20)3/h4-9,17,21H,10-16H2,1-3H3. The van der Waals surface area contributed by atoms with Gasteiger partial charge < -0.3 is 19.1 Å². The van der Waals surface area contributed by atoms with Crippen molar-refractivity contribution in [2.75, 3.05) is 39.4 Å². The third-order valence-electron chi connectivity index (χ3n) is 7.11. The number of carbonyl (C=O) groups is 2. The fourth-order valence-electron chi connectivity index (χ4n) is 5.71. The number of rotatable bonds is 4. The van der Waals surface area contributed by atoms with Crippen molar-refractivity contribution in [1.82, 2.24) is 24.3 Å². The Balaban J connectivity index is 1.54. The molecule has 3 aliphatic heterocycles. The van der Waals surface area contributed by atoms with Crippen LogP contribution in [0.3, 0.4) is 0 Å². The van der Waals surface area contributed by atoms with E-state index in [1.54, 1.807) is 6.20 Å². The summed E-state index contributed by atoms with van der Waals surface area (Å²) >= 11 is 0. The summed E-state index contributed by atoms with van der Waals surface area (Å²) in [4.78, 5) is 38.3. The van der Waals surface area contributed by atoms with Crippen molar-refractivity contribution in [2.45, 2.75) is 37.9 Å². The predicted molar refractivity (Wildman–Crippen MR) is 119 cm³/mol. The molecule has 32 heavy (non-hydrogen) atoms. The van der Waals surface area contributed by atoms with E-state index in [1.807, 2.05) is 65.7 Å². The molecule has 1 unspecified atom stereocenters. The van der Waals surface area contributed by atoms with Gasteiger partial charge in [0.15, 0.2) is 0 Å². The predicted octanol–water partition coefficient (Wildman–Crippen LogP) is 1.48. The van der Waals surface area contributed by atoms with Crippen molar-refractivity contribution in [3.63, 3.8) is 0 Å². The van der Waals surface area contributed by atoms with Crippen LogP contribution in [0.4, 0.5) is 0 Å². The van der Waals surface area contributed by atoms with Crippen molar-refractivity contribution in [1.29, 1.82) is 0 Å². The highest BCUT2D eigenvalue weighted by atomic mass is 16.5. The summed E-state index contributed by atoms with van der Waals surface area (Å²) in [5.41, 5.74) is 0.962. The molecule has 0 aliphatic carbocycles. The van der Waals surface area contributed by atoms with Crippen molar-refractivity contribution in [3.8, 4) is 0 Å². The fraction of sp³-hybridized carbons (Fsp3) is 0.542. The summed E-state index contributed by atoms with van der Waals surface area (Å²) in [6.07, 6.45) is 3.74. The van der Waals surface area contributed by atoms with E-state index in [2.05, 4.69) is 9.88 Å². The molecule has 0 radical (unpaired) electrons. The van der Waals surface area contributed by atoms with E-state index in [0.29, 0.717) is 51.5 Å². The molecule has 1 atom stereocenters. The van der Waals surface area contributed by atoms with Gasteiger partial charge in [0, 0.05) is 57.2 Å². The zero-order valence-corrected chi connectivity index (χ0v) is 19.0. The van der Waals surface area contributed by atoms with Crippen LogP contribution in [0.15, 0.2) is 36.7 Å². The van der Waals surface area contributed by atoms with Crippen LogP contribution in [0.5, 0.6) is 0 Å². The largest absolute Gasteiger partial charge is 0.378 e. The Labute approximate surface area is 188 Å². The number of ether oxygens (including phenoxy) is 1. The molecule has 1 aromatic heterocycles. The Morgan fingerprint density at radius 1 is 1.22 bits per heavy atom. The molecule has 3 aliphatic rings. The Hall–Kier alpha value is -2.71. The minimum atomic E-state index is -0.555. The molecule has 5 rings (SSSR count). The lowest BCUT2D eigenvalue weighted by molar-refractivity contribution is -0.148. The number of aromatic nitrogens is 2. The molecule has 4 heterocycles. The number of hydrogen-bond acceptors (Lipinski definition) is 5. The quantitative estimate of drug-likeness (QED) is 0.725. The van der Waals surface area contributed by atoms with Crippen LogP contribution in [0, 0.1) is 0 Å². The zero-order valence-electron chi connectivity index (χ0n) is 19.0. The van der Waals surface area contributed by atoms with E-state index in [0.717, 1.165) is 11.4 Å². The summed E-state index contributed by atoms with van der Waals surface area (Å²) < 4.78 is 7.50. The van der Waals surface area contributed by atoms with Crippen LogP contribution in [0.1, 0.15) is 41.5 Å². The van der Waals surface area contributed by atoms with Crippen LogP contribution in [0.2, 0.25) is 0 Å². The van der Waals surface area contributed by atoms with Gasteiger partial charge >= 0.3 is 0 Å². The summed E-state index contributed by atoms with van der Waals surface area (Å²) in [6.45, 7) is 8.41.